The topological polar surface area (TPSA) is 127 Å². The van der Waals surface area contributed by atoms with Crippen molar-refractivity contribution >= 4 is 19.6 Å². The molecule has 0 radical (unpaired) electrons. The fourth-order valence-corrected chi connectivity index (χ4v) is 2.46. The van der Waals surface area contributed by atoms with Crippen LogP contribution in [0.5, 0.6) is 0 Å². The summed E-state index contributed by atoms with van der Waals surface area (Å²) in [7, 11) is -4.50. The summed E-state index contributed by atoms with van der Waals surface area (Å²) >= 11 is 0. The molecule has 1 aliphatic rings. The monoisotopic (exact) mass is 266 g/mol. The SMILES string of the molecule is C[C@H](NP(=O)(O)O)C(=O)N1CCC[C@H]1C(=O)O. The van der Waals surface area contributed by atoms with Gasteiger partial charge in [-0.25, -0.2) is 14.4 Å². The molecule has 0 unspecified atom stereocenters. The Morgan fingerprint density at radius 2 is 2.06 bits per heavy atom. The van der Waals surface area contributed by atoms with Crippen LogP contribution in [0.15, 0.2) is 0 Å². The van der Waals surface area contributed by atoms with Gasteiger partial charge in [0.15, 0.2) is 0 Å². The van der Waals surface area contributed by atoms with Crippen molar-refractivity contribution in [2.24, 2.45) is 0 Å². The maximum Gasteiger partial charge on any atom is 0.401 e. The number of nitrogens with one attached hydrogen (secondary N) is 1. The predicted molar refractivity (Wildman–Crippen MR) is 57.0 cm³/mol. The molecule has 0 aromatic heterocycles. The molecule has 9 heteroatoms. The molecule has 0 saturated carbocycles. The van der Waals surface area contributed by atoms with Gasteiger partial charge in [-0.15, -0.1) is 0 Å². The number of amides is 1. The number of nitrogens with zero attached hydrogens (tertiary/aromatic N) is 1. The minimum atomic E-state index is -4.50. The van der Waals surface area contributed by atoms with Gasteiger partial charge in [-0.2, -0.15) is 0 Å². The zero-order chi connectivity index (χ0) is 13.2. The molecule has 1 aliphatic heterocycles. The van der Waals surface area contributed by atoms with E-state index >= 15 is 0 Å². The second-order valence-electron chi connectivity index (χ2n) is 3.92. The molecule has 0 aromatic carbocycles. The molecule has 1 heterocycles. The zero-order valence-corrected chi connectivity index (χ0v) is 10.1. The maximum atomic E-state index is 11.8. The molecule has 0 bridgehead atoms. The van der Waals surface area contributed by atoms with E-state index in [4.69, 9.17) is 14.9 Å². The second kappa shape index (κ2) is 5.14. The molecule has 1 rings (SSSR count). The van der Waals surface area contributed by atoms with E-state index in [9.17, 15) is 14.2 Å². The van der Waals surface area contributed by atoms with Gasteiger partial charge in [0.25, 0.3) is 0 Å². The molecule has 4 N–H and O–H groups in total. The fraction of sp³-hybridized carbons (Fsp3) is 0.750. The van der Waals surface area contributed by atoms with E-state index in [2.05, 4.69) is 0 Å². The third-order valence-electron chi connectivity index (χ3n) is 2.55. The van der Waals surface area contributed by atoms with Gasteiger partial charge in [-0.1, -0.05) is 0 Å². The smallest absolute Gasteiger partial charge is 0.401 e. The van der Waals surface area contributed by atoms with Crippen LogP contribution in [-0.2, 0) is 14.2 Å². The van der Waals surface area contributed by atoms with Crippen molar-refractivity contribution < 1.29 is 29.0 Å². The number of carboxylic acids is 1. The lowest BCUT2D eigenvalue weighted by molar-refractivity contribution is -0.148. The van der Waals surface area contributed by atoms with E-state index in [0.717, 1.165) is 4.90 Å². The summed E-state index contributed by atoms with van der Waals surface area (Å²) in [5.41, 5.74) is 0. The van der Waals surface area contributed by atoms with E-state index in [1.165, 1.54) is 6.92 Å². The van der Waals surface area contributed by atoms with Crippen LogP contribution in [0.1, 0.15) is 19.8 Å². The number of rotatable bonds is 4. The summed E-state index contributed by atoms with van der Waals surface area (Å²) < 4.78 is 10.7. The van der Waals surface area contributed by atoms with Gasteiger partial charge in [-0.05, 0) is 19.8 Å². The van der Waals surface area contributed by atoms with Crippen LogP contribution in [-0.4, -0.2) is 50.3 Å². The summed E-state index contributed by atoms with van der Waals surface area (Å²) in [4.78, 5) is 41.1. The van der Waals surface area contributed by atoms with Crippen molar-refractivity contribution in [2.45, 2.75) is 31.8 Å². The molecule has 17 heavy (non-hydrogen) atoms. The lowest BCUT2D eigenvalue weighted by atomic mass is 10.2. The third kappa shape index (κ3) is 3.78. The molecule has 1 amide bonds. The van der Waals surface area contributed by atoms with Gasteiger partial charge in [0, 0.05) is 6.54 Å². The van der Waals surface area contributed by atoms with Crippen LogP contribution in [0.3, 0.4) is 0 Å². The van der Waals surface area contributed by atoms with Crippen molar-refractivity contribution in [1.29, 1.82) is 0 Å². The number of hydrogen-bond acceptors (Lipinski definition) is 3. The number of carboxylic acid groups (broad SMARTS) is 1. The number of aliphatic carboxylic acids is 1. The van der Waals surface area contributed by atoms with Crippen molar-refractivity contribution in [2.75, 3.05) is 6.54 Å². The maximum absolute atomic E-state index is 11.8. The Labute approximate surface area is 97.8 Å². The Balaban J connectivity index is 2.69. The summed E-state index contributed by atoms with van der Waals surface area (Å²) in [6, 6.07) is -2.01. The van der Waals surface area contributed by atoms with E-state index in [-0.39, 0.29) is 0 Å². The lowest BCUT2D eigenvalue weighted by Gasteiger charge is -2.25. The zero-order valence-electron chi connectivity index (χ0n) is 9.24. The molecule has 98 valence electrons. The second-order valence-corrected chi connectivity index (χ2v) is 5.27. The minimum absolute atomic E-state index is 0.295. The molecule has 2 atom stereocenters. The summed E-state index contributed by atoms with van der Waals surface area (Å²) in [6.07, 6.45) is 0.940. The lowest BCUT2D eigenvalue weighted by Crippen LogP contribution is -2.48. The van der Waals surface area contributed by atoms with E-state index < -0.39 is 31.7 Å². The molecule has 0 spiro atoms. The minimum Gasteiger partial charge on any atom is -0.480 e. The van der Waals surface area contributed by atoms with Crippen LogP contribution >= 0.6 is 7.75 Å². The highest BCUT2D eigenvalue weighted by atomic mass is 31.2. The average molecular weight is 266 g/mol. The Morgan fingerprint density at radius 1 is 1.47 bits per heavy atom. The van der Waals surface area contributed by atoms with Crippen LogP contribution in [0.4, 0.5) is 0 Å². The van der Waals surface area contributed by atoms with Crippen LogP contribution in [0, 0.1) is 0 Å². The van der Waals surface area contributed by atoms with Crippen molar-refractivity contribution in [1.82, 2.24) is 9.99 Å². The first kappa shape index (κ1) is 14.1. The fourth-order valence-electron chi connectivity index (χ4n) is 1.84. The largest absolute Gasteiger partial charge is 0.480 e. The predicted octanol–water partition coefficient (Wildman–Crippen LogP) is -0.867. The normalized spacial score (nSPS) is 22.5. The van der Waals surface area contributed by atoms with Gasteiger partial charge in [-0.3, -0.25) is 4.79 Å². The number of hydrogen-bond donors (Lipinski definition) is 4. The van der Waals surface area contributed by atoms with Gasteiger partial charge in [0.2, 0.25) is 5.91 Å². The molecule has 1 saturated heterocycles. The molecule has 0 aliphatic carbocycles. The first-order valence-electron chi connectivity index (χ1n) is 5.09. The molecule has 8 nitrogen and oxygen atoms in total. The quantitative estimate of drug-likeness (QED) is 0.487. The standard InChI is InChI=1S/C8H15N2O6P/c1-5(9-17(14,15)16)7(11)10-4-2-3-6(10)8(12)13/h5-6H,2-4H2,1H3,(H,12,13)(H3,9,14,15,16)/t5-,6-/m0/s1. The van der Waals surface area contributed by atoms with Gasteiger partial charge in [0.1, 0.15) is 6.04 Å². The molecule has 1 fully saturated rings. The Morgan fingerprint density at radius 3 is 2.53 bits per heavy atom. The van der Waals surface area contributed by atoms with E-state index in [1.54, 1.807) is 0 Å². The van der Waals surface area contributed by atoms with Gasteiger partial charge < -0.3 is 19.8 Å². The molecular formula is C8H15N2O6P. The van der Waals surface area contributed by atoms with Crippen molar-refractivity contribution in [3.63, 3.8) is 0 Å². The van der Waals surface area contributed by atoms with Crippen LogP contribution in [0.2, 0.25) is 0 Å². The first-order chi connectivity index (χ1) is 7.72. The van der Waals surface area contributed by atoms with Gasteiger partial charge >= 0.3 is 13.7 Å². The Kier molecular flexibility index (Phi) is 4.26. The number of carbonyl (C=O) groups is 2. The molecule has 0 aromatic rings. The van der Waals surface area contributed by atoms with Crippen molar-refractivity contribution in [3.05, 3.63) is 0 Å². The highest BCUT2D eigenvalue weighted by Crippen LogP contribution is 2.30. The Hall–Kier alpha value is -0.950. The number of likely N-dealkylation sites (tertiary alicyclic amines) is 1. The molecular weight excluding hydrogens is 251 g/mol. The van der Waals surface area contributed by atoms with Crippen LogP contribution < -0.4 is 5.09 Å². The van der Waals surface area contributed by atoms with Gasteiger partial charge in [0.05, 0.1) is 6.04 Å². The highest BCUT2D eigenvalue weighted by Gasteiger charge is 2.37. The highest BCUT2D eigenvalue weighted by molar-refractivity contribution is 7.49. The summed E-state index contributed by atoms with van der Waals surface area (Å²) in [5, 5.41) is 10.7. The third-order valence-corrected chi connectivity index (χ3v) is 3.28. The van der Waals surface area contributed by atoms with Crippen LogP contribution in [0.25, 0.3) is 0 Å². The van der Waals surface area contributed by atoms with E-state index in [0.29, 0.717) is 19.4 Å². The van der Waals surface area contributed by atoms with E-state index in [1.807, 2.05) is 5.09 Å². The summed E-state index contributed by atoms with van der Waals surface area (Å²) in [6.45, 7) is 1.58. The number of carbonyl (C=O) groups excluding carboxylic acids is 1. The summed E-state index contributed by atoms with van der Waals surface area (Å²) in [5.74, 6) is -1.71. The van der Waals surface area contributed by atoms with Crippen molar-refractivity contribution in [3.8, 4) is 0 Å². The first-order valence-corrected chi connectivity index (χ1v) is 6.70. The average Bonchev–Trinajstić information content (AvgIpc) is 2.61. The Bertz CT molecular complexity index is 367.